The van der Waals surface area contributed by atoms with Gasteiger partial charge < -0.3 is 14.6 Å². The number of amides is 1. The normalized spacial score (nSPS) is 14.6. The first kappa shape index (κ1) is 43.4. The van der Waals surface area contributed by atoms with E-state index < -0.39 is 65.5 Å². The number of rotatable bonds is 19. The maximum absolute atomic E-state index is 16.1. The molecule has 1 saturated heterocycles. The SMILES string of the molecule is C=CCCCCc1cc(F)cc(C)c1-c1cc(Cl)c(F)c([C@H](CC(=O)OCC)NC(=O)[C@H](CC=C)n2cc(CCCN3CC(F)C3)c(C(F)(F)F)cc2=O)c1. The number of nitrogens with one attached hydrogen (secondary N) is 1. The molecule has 1 amide bonds. The fraction of sp³-hybridized carbons (Fsp3) is 0.439. The summed E-state index contributed by atoms with van der Waals surface area (Å²) in [6.07, 6.45) is 0.300. The smallest absolute Gasteiger partial charge is 0.416 e. The summed E-state index contributed by atoms with van der Waals surface area (Å²) in [4.78, 5) is 42.0. The Morgan fingerprint density at radius 3 is 2.38 bits per heavy atom. The van der Waals surface area contributed by atoms with Crippen LogP contribution in [-0.4, -0.2) is 53.8 Å². The molecule has 1 N–H and O–H groups in total. The molecule has 1 aromatic heterocycles. The van der Waals surface area contributed by atoms with E-state index in [1.807, 2.05) is 0 Å². The van der Waals surface area contributed by atoms with Gasteiger partial charge in [-0.2, -0.15) is 13.2 Å². The van der Waals surface area contributed by atoms with Crippen LogP contribution in [0.1, 0.15) is 85.3 Å². The Bertz CT molecular complexity index is 1930. The third-order valence-corrected chi connectivity index (χ3v) is 9.80. The molecule has 0 saturated carbocycles. The predicted octanol–water partition coefficient (Wildman–Crippen LogP) is 9.19. The minimum atomic E-state index is -4.87. The second kappa shape index (κ2) is 19.5. The molecule has 0 spiro atoms. The zero-order chi connectivity index (χ0) is 40.4. The summed E-state index contributed by atoms with van der Waals surface area (Å²) in [5, 5.41) is 2.28. The molecule has 14 heteroatoms. The van der Waals surface area contributed by atoms with Crippen LogP contribution in [0.2, 0.25) is 5.02 Å². The quantitative estimate of drug-likeness (QED) is 0.0567. The van der Waals surface area contributed by atoms with Crippen LogP contribution >= 0.6 is 11.6 Å². The number of carbonyl (C=O) groups excluding carboxylic acids is 2. The topological polar surface area (TPSA) is 80.6 Å². The third kappa shape index (κ3) is 11.3. The Balaban J connectivity index is 1.76. The number of unbranched alkanes of at least 4 members (excludes halogenated alkanes) is 2. The van der Waals surface area contributed by atoms with Crippen LogP contribution in [0, 0.1) is 18.6 Å². The molecule has 2 heterocycles. The summed E-state index contributed by atoms with van der Waals surface area (Å²) in [5.41, 5.74) is -0.544. The summed E-state index contributed by atoms with van der Waals surface area (Å²) in [6.45, 7) is 11.3. The third-order valence-electron chi connectivity index (χ3n) is 9.53. The molecule has 4 rings (SSSR count). The monoisotopic (exact) mass is 793 g/mol. The maximum atomic E-state index is 16.1. The number of benzene rings is 2. The summed E-state index contributed by atoms with van der Waals surface area (Å²) in [7, 11) is 0. The van der Waals surface area contributed by atoms with Crippen molar-refractivity contribution in [3.8, 4) is 11.1 Å². The van der Waals surface area contributed by atoms with Gasteiger partial charge >= 0.3 is 12.1 Å². The van der Waals surface area contributed by atoms with Crippen LogP contribution in [0.5, 0.6) is 0 Å². The van der Waals surface area contributed by atoms with Gasteiger partial charge in [-0.05, 0) is 117 Å². The number of nitrogens with zero attached hydrogens (tertiary/aromatic N) is 2. The van der Waals surface area contributed by atoms with Crippen LogP contribution < -0.4 is 10.9 Å². The number of hydrogen-bond donors (Lipinski definition) is 1. The van der Waals surface area contributed by atoms with Crippen molar-refractivity contribution in [2.24, 2.45) is 0 Å². The van der Waals surface area contributed by atoms with Gasteiger partial charge in [0.05, 0.1) is 29.7 Å². The van der Waals surface area contributed by atoms with Crippen molar-refractivity contribution < 1.29 is 40.7 Å². The standard InChI is InChI=1S/C41H46ClF6N3O4/c1-5-8-9-10-13-26-17-29(43)16-25(4)38(26)28-18-31(39(45)33(42)19-28)34(21-37(53)55-7-3)49-40(54)35(12-6-2)51-22-27(14-11-15-50-23-30(44)24-50)32(20-36(51)52)41(46,47)48/h5-6,16-20,22,30,34-35H,1-2,7-15,21,23-24H2,3-4H3,(H,49,54)/t34-,35-/m0/s1. The highest BCUT2D eigenvalue weighted by molar-refractivity contribution is 6.31. The molecule has 7 nitrogen and oxygen atoms in total. The fourth-order valence-electron chi connectivity index (χ4n) is 6.91. The van der Waals surface area contributed by atoms with Gasteiger partial charge in [-0.15, -0.1) is 13.2 Å². The number of ether oxygens (including phenoxy) is 1. The van der Waals surface area contributed by atoms with Crippen LogP contribution in [0.3, 0.4) is 0 Å². The van der Waals surface area contributed by atoms with Gasteiger partial charge in [0, 0.05) is 30.9 Å². The van der Waals surface area contributed by atoms with Crippen LogP contribution in [-0.2, 0) is 33.3 Å². The van der Waals surface area contributed by atoms with E-state index in [-0.39, 0.29) is 55.1 Å². The highest BCUT2D eigenvalue weighted by Crippen LogP contribution is 2.37. The van der Waals surface area contributed by atoms with Gasteiger partial charge in [-0.3, -0.25) is 19.3 Å². The van der Waals surface area contributed by atoms with Gasteiger partial charge in [0.2, 0.25) is 5.91 Å². The van der Waals surface area contributed by atoms with Crippen molar-refractivity contribution >= 4 is 23.5 Å². The minimum absolute atomic E-state index is 0.0261. The molecular weight excluding hydrogens is 748 g/mol. The lowest BCUT2D eigenvalue weighted by Gasteiger charge is -2.34. The van der Waals surface area contributed by atoms with E-state index in [1.165, 1.54) is 30.3 Å². The molecular formula is C41H46ClF6N3O4. The molecule has 2 atom stereocenters. The number of likely N-dealkylation sites (tertiary alicyclic amines) is 1. The van der Waals surface area contributed by atoms with Gasteiger partial charge in [-0.1, -0.05) is 23.8 Å². The highest BCUT2D eigenvalue weighted by Gasteiger charge is 2.36. The average molecular weight is 794 g/mol. The number of hydrogen-bond acceptors (Lipinski definition) is 5. The first-order valence-electron chi connectivity index (χ1n) is 18.2. The summed E-state index contributed by atoms with van der Waals surface area (Å²) < 4.78 is 92.3. The number of halogens is 7. The van der Waals surface area contributed by atoms with Crippen LogP contribution in [0.15, 0.2) is 66.6 Å². The van der Waals surface area contributed by atoms with Crippen molar-refractivity contribution in [2.45, 2.75) is 89.6 Å². The van der Waals surface area contributed by atoms with Crippen molar-refractivity contribution in [1.82, 2.24) is 14.8 Å². The molecule has 0 radical (unpaired) electrons. The maximum Gasteiger partial charge on any atom is 0.416 e. The molecule has 2 aromatic carbocycles. The number of esters is 1. The fourth-order valence-corrected chi connectivity index (χ4v) is 7.14. The van der Waals surface area contributed by atoms with E-state index in [1.54, 1.807) is 24.8 Å². The van der Waals surface area contributed by atoms with Crippen molar-refractivity contribution in [3.63, 3.8) is 0 Å². The molecule has 1 fully saturated rings. The van der Waals surface area contributed by atoms with E-state index >= 15 is 4.39 Å². The molecule has 3 aromatic rings. The summed E-state index contributed by atoms with van der Waals surface area (Å²) >= 11 is 6.45. The molecule has 0 unspecified atom stereocenters. The number of aromatic nitrogens is 1. The average Bonchev–Trinajstić information content (AvgIpc) is 3.09. The number of pyridine rings is 1. The number of aryl methyl sites for hydroxylation is 3. The van der Waals surface area contributed by atoms with E-state index in [4.69, 9.17) is 16.3 Å². The second-order valence-electron chi connectivity index (χ2n) is 13.7. The van der Waals surface area contributed by atoms with E-state index in [0.29, 0.717) is 47.7 Å². The van der Waals surface area contributed by atoms with Gasteiger partial charge in [-0.25, -0.2) is 13.2 Å². The zero-order valence-corrected chi connectivity index (χ0v) is 31.7. The number of alkyl halides is 4. The van der Waals surface area contributed by atoms with Crippen molar-refractivity contribution in [2.75, 3.05) is 26.2 Å². The van der Waals surface area contributed by atoms with Gasteiger partial charge in [0.25, 0.3) is 5.56 Å². The first-order chi connectivity index (χ1) is 26.1. The molecule has 55 heavy (non-hydrogen) atoms. The van der Waals surface area contributed by atoms with E-state index in [2.05, 4.69) is 18.5 Å². The van der Waals surface area contributed by atoms with Crippen molar-refractivity contribution in [3.05, 3.63) is 117 Å². The summed E-state index contributed by atoms with van der Waals surface area (Å²) in [6, 6.07) is 3.06. The summed E-state index contributed by atoms with van der Waals surface area (Å²) in [5.74, 6) is -3.13. The molecule has 0 aliphatic carbocycles. The van der Waals surface area contributed by atoms with Crippen molar-refractivity contribution in [1.29, 1.82) is 0 Å². The Labute approximate surface area is 322 Å². The molecule has 1 aliphatic rings. The Hall–Kier alpha value is -4.36. The Kier molecular flexibility index (Phi) is 15.4. The molecule has 0 bridgehead atoms. The first-order valence-corrected chi connectivity index (χ1v) is 18.6. The predicted molar refractivity (Wildman–Crippen MR) is 201 cm³/mol. The molecule has 1 aliphatic heterocycles. The lowest BCUT2D eigenvalue weighted by Crippen LogP contribution is -2.48. The van der Waals surface area contributed by atoms with E-state index in [9.17, 15) is 36.3 Å². The minimum Gasteiger partial charge on any atom is -0.466 e. The molecule has 298 valence electrons. The number of carbonyl (C=O) groups is 2. The second-order valence-corrected chi connectivity index (χ2v) is 14.1. The lowest BCUT2D eigenvalue weighted by atomic mass is 9.89. The van der Waals surface area contributed by atoms with E-state index in [0.717, 1.165) is 23.6 Å². The van der Waals surface area contributed by atoms with Crippen LogP contribution in [0.25, 0.3) is 11.1 Å². The zero-order valence-electron chi connectivity index (χ0n) is 30.9. The van der Waals surface area contributed by atoms with Crippen LogP contribution in [0.4, 0.5) is 26.3 Å². The Morgan fingerprint density at radius 1 is 1.04 bits per heavy atom. The highest BCUT2D eigenvalue weighted by atomic mass is 35.5. The van der Waals surface area contributed by atoms with Gasteiger partial charge in [0.15, 0.2) is 0 Å². The largest absolute Gasteiger partial charge is 0.466 e. The van der Waals surface area contributed by atoms with Gasteiger partial charge in [0.1, 0.15) is 23.8 Å². The Morgan fingerprint density at radius 2 is 1.75 bits per heavy atom. The lowest BCUT2D eigenvalue weighted by molar-refractivity contribution is -0.144. The number of allylic oxidation sites excluding steroid dienone is 2.